The molecule has 0 unspecified atom stereocenters. The largest absolute Gasteiger partial charge is 0.436 e. The molecule has 1 heterocycles. The highest BCUT2D eigenvalue weighted by molar-refractivity contribution is 5.80. The van der Waals surface area contributed by atoms with Crippen molar-refractivity contribution < 1.29 is 9.52 Å². The normalized spacial score (nSPS) is 11.0. The van der Waals surface area contributed by atoms with Gasteiger partial charge in [-0.25, -0.2) is 4.98 Å². The molecule has 1 aromatic heterocycles. The molecule has 1 N–H and O–H groups in total. The van der Waals surface area contributed by atoms with Crippen LogP contribution in [0.1, 0.15) is 11.1 Å². The van der Waals surface area contributed by atoms with Crippen molar-refractivity contribution in [3.05, 3.63) is 53.6 Å². The molecule has 0 bridgehead atoms. The second-order valence-corrected chi connectivity index (χ2v) is 4.32. The Hall–Kier alpha value is -2.13. The Kier molecular flexibility index (Phi) is 2.61. The lowest BCUT2D eigenvalue weighted by atomic mass is 10.1. The van der Waals surface area contributed by atoms with E-state index in [1.165, 1.54) is 0 Å². The number of rotatable bonds is 2. The van der Waals surface area contributed by atoms with Crippen LogP contribution in [-0.4, -0.2) is 10.1 Å². The van der Waals surface area contributed by atoms with Crippen molar-refractivity contribution in [1.82, 2.24) is 4.98 Å². The van der Waals surface area contributed by atoms with Gasteiger partial charge < -0.3 is 9.52 Å². The molecule has 0 amide bonds. The Morgan fingerprint density at radius 1 is 1.17 bits per heavy atom. The molecule has 0 radical (unpaired) electrons. The first kappa shape index (κ1) is 11.0. The predicted molar refractivity (Wildman–Crippen MR) is 70.1 cm³/mol. The van der Waals surface area contributed by atoms with Gasteiger partial charge in [0, 0.05) is 11.1 Å². The highest BCUT2D eigenvalue weighted by Crippen LogP contribution is 2.27. The zero-order chi connectivity index (χ0) is 12.5. The van der Waals surface area contributed by atoms with Gasteiger partial charge in [0.15, 0.2) is 5.58 Å². The van der Waals surface area contributed by atoms with Crippen molar-refractivity contribution in [1.29, 1.82) is 0 Å². The summed E-state index contributed by atoms with van der Waals surface area (Å²) in [5, 5.41) is 9.35. The molecular weight excluding hydrogens is 226 g/mol. The maximum atomic E-state index is 9.35. The molecule has 3 heteroatoms. The summed E-state index contributed by atoms with van der Waals surface area (Å²) >= 11 is 0. The van der Waals surface area contributed by atoms with Crippen molar-refractivity contribution in [3.8, 4) is 11.5 Å². The summed E-state index contributed by atoms with van der Waals surface area (Å²) in [5.41, 5.74) is 4.24. The molecule has 3 nitrogen and oxygen atoms in total. The number of aromatic nitrogens is 1. The van der Waals surface area contributed by atoms with E-state index in [1.807, 2.05) is 49.4 Å². The lowest BCUT2D eigenvalue weighted by molar-refractivity contribution is 0.281. The minimum Gasteiger partial charge on any atom is -0.436 e. The van der Waals surface area contributed by atoms with Gasteiger partial charge in [-0.05, 0) is 36.8 Å². The quantitative estimate of drug-likeness (QED) is 0.746. The first-order valence-electron chi connectivity index (χ1n) is 5.84. The van der Waals surface area contributed by atoms with Crippen LogP contribution in [0.15, 0.2) is 46.9 Å². The van der Waals surface area contributed by atoms with E-state index >= 15 is 0 Å². The summed E-state index contributed by atoms with van der Waals surface area (Å²) in [5.74, 6) is 0.589. The van der Waals surface area contributed by atoms with Crippen LogP contribution in [0.3, 0.4) is 0 Å². The van der Waals surface area contributed by atoms with Gasteiger partial charge >= 0.3 is 0 Å². The van der Waals surface area contributed by atoms with Crippen molar-refractivity contribution in [2.24, 2.45) is 0 Å². The van der Waals surface area contributed by atoms with Crippen molar-refractivity contribution in [2.45, 2.75) is 13.5 Å². The van der Waals surface area contributed by atoms with E-state index in [2.05, 4.69) is 4.98 Å². The molecule has 3 rings (SSSR count). The second-order valence-electron chi connectivity index (χ2n) is 4.32. The van der Waals surface area contributed by atoms with E-state index < -0.39 is 0 Å². The lowest BCUT2D eigenvalue weighted by Gasteiger charge is -1.98. The molecule has 0 aliphatic heterocycles. The van der Waals surface area contributed by atoms with Gasteiger partial charge in [0.05, 0.1) is 6.61 Å². The fraction of sp³-hybridized carbons (Fsp3) is 0.133. The number of hydrogen-bond acceptors (Lipinski definition) is 3. The molecule has 0 spiro atoms. The Labute approximate surface area is 105 Å². The number of aliphatic hydroxyl groups excluding tert-OH is 1. The fourth-order valence-corrected chi connectivity index (χ4v) is 2.08. The van der Waals surface area contributed by atoms with E-state index in [-0.39, 0.29) is 6.61 Å². The van der Waals surface area contributed by atoms with E-state index in [1.54, 1.807) is 0 Å². The van der Waals surface area contributed by atoms with E-state index in [4.69, 9.17) is 4.42 Å². The summed E-state index contributed by atoms with van der Waals surface area (Å²) in [4.78, 5) is 4.47. The molecule has 0 saturated carbocycles. The SMILES string of the molecule is Cc1cc(CO)c2oc(-c3ccccc3)nc2c1. The Morgan fingerprint density at radius 2 is 1.94 bits per heavy atom. The number of benzene rings is 2. The van der Waals surface area contributed by atoms with Gasteiger partial charge in [0.2, 0.25) is 5.89 Å². The van der Waals surface area contributed by atoms with Crippen LogP contribution in [0.25, 0.3) is 22.6 Å². The van der Waals surface area contributed by atoms with Crippen LogP contribution in [0.4, 0.5) is 0 Å². The van der Waals surface area contributed by atoms with Crippen LogP contribution in [0, 0.1) is 6.92 Å². The molecule has 3 aromatic rings. The van der Waals surface area contributed by atoms with Crippen LogP contribution >= 0.6 is 0 Å². The number of aliphatic hydroxyl groups is 1. The Morgan fingerprint density at radius 3 is 2.67 bits per heavy atom. The first-order chi connectivity index (χ1) is 8.78. The summed E-state index contributed by atoms with van der Waals surface area (Å²) < 4.78 is 5.76. The molecule has 90 valence electrons. The molecule has 0 atom stereocenters. The molecule has 0 aliphatic rings. The summed E-state index contributed by atoms with van der Waals surface area (Å²) in [7, 11) is 0. The zero-order valence-corrected chi connectivity index (χ0v) is 10.1. The Bertz CT molecular complexity index is 686. The van der Waals surface area contributed by atoms with Gasteiger partial charge in [-0.2, -0.15) is 0 Å². The second kappa shape index (κ2) is 4.27. The van der Waals surface area contributed by atoms with Crippen LogP contribution < -0.4 is 0 Å². The third-order valence-electron chi connectivity index (χ3n) is 2.90. The van der Waals surface area contributed by atoms with Crippen LogP contribution in [-0.2, 0) is 6.61 Å². The minimum atomic E-state index is -0.0401. The summed E-state index contributed by atoms with van der Waals surface area (Å²) in [6.07, 6.45) is 0. The van der Waals surface area contributed by atoms with Gasteiger partial charge in [0.25, 0.3) is 0 Å². The van der Waals surface area contributed by atoms with Crippen molar-refractivity contribution in [2.75, 3.05) is 0 Å². The third-order valence-corrected chi connectivity index (χ3v) is 2.90. The third kappa shape index (κ3) is 1.79. The monoisotopic (exact) mass is 239 g/mol. The first-order valence-corrected chi connectivity index (χ1v) is 5.84. The zero-order valence-electron chi connectivity index (χ0n) is 10.1. The Balaban J connectivity index is 2.23. The van der Waals surface area contributed by atoms with Crippen LogP contribution in [0.2, 0.25) is 0 Å². The van der Waals surface area contributed by atoms with E-state index in [0.717, 1.165) is 22.2 Å². The maximum absolute atomic E-state index is 9.35. The lowest BCUT2D eigenvalue weighted by Crippen LogP contribution is -1.85. The van der Waals surface area contributed by atoms with Crippen molar-refractivity contribution >= 4 is 11.1 Å². The van der Waals surface area contributed by atoms with Crippen LogP contribution in [0.5, 0.6) is 0 Å². The highest BCUT2D eigenvalue weighted by Gasteiger charge is 2.11. The van der Waals surface area contributed by atoms with Gasteiger partial charge in [-0.15, -0.1) is 0 Å². The van der Waals surface area contributed by atoms with Gasteiger partial charge in [-0.1, -0.05) is 18.2 Å². The van der Waals surface area contributed by atoms with E-state index in [9.17, 15) is 5.11 Å². The highest BCUT2D eigenvalue weighted by atomic mass is 16.3. The molecule has 2 aromatic carbocycles. The minimum absolute atomic E-state index is 0.0401. The molecule has 18 heavy (non-hydrogen) atoms. The number of nitrogens with zero attached hydrogens (tertiary/aromatic N) is 1. The fourth-order valence-electron chi connectivity index (χ4n) is 2.08. The molecular formula is C15H13NO2. The number of hydrogen-bond donors (Lipinski definition) is 1. The summed E-state index contributed by atoms with van der Waals surface area (Å²) in [6.45, 7) is 1.94. The van der Waals surface area contributed by atoms with Gasteiger partial charge in [-0.3, -0.25) is 0 Å². The molecule has 0 saturated heterocycles. The topological polar surface area (TPSA) is 46.3 Å². The smallest absolute Gasteiger partial charge is 0.227 e. The number of aryl methyl sites for hydroxylation is 1. The number of fused-ring (bicyclic) bond motifs is 1. The van der Waals surface area contributed by atoms with Gasteiger partial charge in [0.1, 0.15) is 5.52 Å². The average Bonchev–Trinajstić information content (AvgIpc) is 2.82. The molecule has 0 aliphatic carbocycles. The van der Waals surface area contributed by atoms with Crippen molar-refractivity contribution in [3.63, 3.8) is 0 Å². The standard InChI is InChI=1S/C15H13NO2/c1-10-7-12(9-17)14-13(8-10)16-15(18-14)11-5-3-2-4-6-11/h2-8,17H,9H2,1H3. The number of oxazole rings is 1. The predicted octanol–water partition coefficient (Wildman–Crippen LogP) is 3.30. The summed E-state index contributed by atoms with van der Waals surface area (Å²) in [6, 6.07) is 13.6. The average molecular weight is 239 g/mol. The molecule has 0 fully saturated rings. The maximum Gasteiger partial charge on any atom is 0.227 e. The van der Waals surface area contributed by atoms with E-state index in [0.29, 0.717) is 11.5 Å².